The first-order chi connectivity index (χ1) is 9.75. The van der Waals surface area contributed by atoms with Gasteiger partial charge in [0.1, 0.15) is 17.3 Å². The number of aromatic nitrogens is 2. The summed E-state index contributed by atoms with van der Waals surface area (Å²) in [5.74, 6) is -0.715. The molecular weight excluding hydrogens is 260 g/mol. The summed E-state index contributed by atoms with van der Waals surface area (Å²) in [5.41, 5.74) is -0.143. The average molecular weight is 277 g/mol. The molecule has 0 amide bonds. The molecule has 20 heavy (non-hydrogen) atoms. The van der Waals surface area contributed by atoms with Crippen LogP contribution in [0.2, 0.25) is 0 Å². The molecule has 3 rings (SSSR count). The summed E-state index contributed by atoms with van der Waals surface area (Å²) in [4.78, 5) is 4.19. The molecule has 3 nitrogen and oxygen atoms in total. The van der Waals surface area contributed by atoms with E-state index in [1.54, 1.807) is 6.20 Å². The molecule has 1 N–H and O–H groups in total. The van der Waals surface area contributed by atoms with Crippen LogP contribution in [0.4, 0.5) is 20.4 Å². The van der Waals surface area contributed by atoms with Crippen LogP contribution in [0.25, 0.3) is 0 Å². The Morgan fingerprint density at radius 1 is 1.10 bits per heavy atom. The molecule has 1 fully saturated rings. The van der Waals surface area contributed by atoms with Crippen LogP contribution in [0, 0.1) is 11.6 Å². The third-order valence-electron chi connectivity index (χ3n) is 3.84. The number of nitrogens with zero attached hydrogens (tertiary/aromatic N) is 2. The van der Waals surface area contributed by atoms with E-state index in [9.17, 15) is 8.78 Å². The zero-order valence-electron chi connectivity index (χ0n) is 11.1. The molecule has 0 spiro atoms. The Morgan fingerprint density at radius 2 is 1.80 bits per heavy atom. The van der Waals surface area contributed by atoms with Crippen LogP contribution in [0.1, 0.15) is 38.1 Å². The van der Waals surface area contributed by atoms with Crippen molar-refractivity contribution >= 4 is 11.6 Å². The Kier molecular flexibility index (Phi) is 3.67. The minimum Gasteiger partial charge on any atom is -0.321 e. The molecule has 0 unspecified atom stereocenters. The number of para-hydroxylation sites is 1. The topological polar surface area (TPSA) is 29.9 Å². The van der Waals surface area contributed by atoms with Crippen molar-refractivity contribution in [2.45, 2.75) is 38.1 Å². The first-order valence-electron chi connectivity index (χ1n) is 6.99. The molecule has 0 bridgehead atoms. The lowest BCUT2D eigenvalue weighted by Gasteiger charge is -2.24. The Labute approximate surface area is 116 Å². The van der Waals surface area contributed by atoms with Crippen LogP contribution in [0.3, 0.4) is 0 Å². The van der Waals surface area contributed by atoms with E-state index >= 15 is 0 Å². The van der Waals surface area contributed by atoms with E-state index in [1.165, 1.54) is 37.5 Å². The van der Waals surface area contributed by atoms with Gasteiger partial charge in [-0.2, -0.15) is 0 Å². The van der Waals surface area contributed by atoms with Gasteiger partial charge in [-0.3, -0.25) is 0 Å². The highest BCUT2D eigenvalue weighted by Gasteiger charge is 2.19. The number of anilines is 2. The molecule has 0 aliphatic heterocycles. The van der Waals surface area contributed by atoms with Crippen molar-refractivity contribution in [3.05, 3.63) is 42.2 Å². The summed E-state index contributed by atoms with van der Waals surface area (Å²) in [6.07, 6.45) is 9.35. The average Bonchev–Trinajstić information content (AvgIpc) is 2.92. The first-order valence-corrected chi connectivity index (χ1v) is 6.99. The van der Waals surface area contributed by atoms with Gasteiger partial charge in [0, 0.05) is 18.4 Å². The molecule has 0 radical (unpaired) electrons. The molecule has 0 saturated heterocycles. The second-order valence-corrected chi connectivity index (χ2v) is 5.17. The summed E-state index contributed by atoms with van der Waals surface area (Å²) in [7, 11) is 0. The van der Waals surface area contributed by atoms with Gasteiger partial charge in [0.25, 0.3) is 0 Å². The van der Waals surface area contributed by atoms with Crippen molar-refractivity contribution in [3.8, 4) is 0 Å². The maximum absolute atomic E-state index is 13.7. The number of imidazole rings is 1. The van der Waals surface area contributed by atoms with E-state index in [0.717, 1.165) is 12.8 Å². The lowest BCUT2D eigenvalue weighted by molar-refractivity contribution is 0.356. The van der Waals surface area contributed by atoms with Crippen molar-refractivity contribution in [2.24, 2.45) is 0 Å². The highest BCUT2D eigenvalue weighted by atomic mass is 19.1. The Balaban J connectivity index is 1.86. The lowest BCUT2D eigenvalue weighted by atomic mass is 9.95. The summed E-state index contributed by atoms with van der Waals surface area (Å²) < 4.78 is 29.3. The molecule has 1 aliphatic carbocycles. The van der Waals surface area contributed by atoms with Gasteiger partial charge in [0.2, 0.25) is 5.95 Å². The van der Waals surface area contributed by atoms with Crippen LogP contribution in [-0.4, -0.2) is 9.55 Å². The number of benzene rings is 1. The maximum Gasteiger partial charge on any atom is 0.207 e. The highest BCUT2D eigenvalue weighted by Crippen LogP contribution is 2.31. The summed E-state index contributed by atoms with van der Waals surface area (Å²) in [5, 5.41) is 2.79. The maximum atomic E-state index is 13.7. The SMILES string of the molecule is Fc1cccc(F)c1Nc1nccn1C1CCCCC1. The van der Waals surface area contributed by atoms with Crippen molar-refractivity contribution in [2.75, 3.05) is 5.32 Å². The van der Waals surface area contributed by atoms with Crippen LogP contribution < -0.4 is 5.32 Å². The fraction of sp³-hybridized carbons (Fsp3) is 0.400. The van der Waals surface area contributed by atoms with E-state index in [1.807, 2.05) is 10.8 Å². The molecular formula is C15H17F2N3. The predicted molar refractivity (Wildman–Crippen MR) is 74.0 cm³/mol. The number of halogens is 2. The zero-order valence-corrected chi connectivity index (χ0v) is 11.1. The van der Waals surface area contributed by atoms with Crippen molar-refractivity contribution in [1.29, 1.82) is 0 Å². The van der Waals surface area contributed by atoms with Gasteiger partial charge >= 0.3 is 0 Å². The molecule has 106 valence electrons. The van der Waals surface area contributed by atoms with Gasteiger partial charge in [-0.1, -0.05) is 25.3 Å². The lowest BCUT2D eigenvalue weighted by Crippen LogP contribution is -2.14. The van der Waals surface area contributed by atoms with Gasteiger partial charge in [0.05, 0.1) is 0 Å². The Hall–Kier alpha value is -1.91. The Bertz CT molecular complexity index is 568. The van der Waals surface area contributed by atoms with Crippen LogP contribution in [0.5, 0.6) is 0 Å². The number of hydrogen-bond acceptors (Lipinski definition) is 2. The van der Waals surface area contributed by atoms with E-state index in [-0.39, 0.29) is 5.69 Å². The fourth-order valence-electron chi connectivity index (χ4n) is 2.79. The monoisotopic (exact) mass is 277 g/mol. The van der Waals surface area contributed by atoms with E-state index in [4.69, 9.17) is 0 Å². The van der Waals surface area contributed by atoms with Crippen molar-refractivity contribution < 1.29 is 8.78 Å². The van der Waals surface area contributed by atoms with Crippen LogP contribution in [-0.2, 0) is 0 Å². The van der Waals surface area contributed by atoms with Gasteiger partial charge in [0.15, 0.2) is 0 Å². The third kappa shape index (κ3) is 2.53. The number of hydrogen-bond donors (Lipinski definition) is 1. The predicted octanol–water partition coefficient (Wildman–Crippen LogP) is 4.41. The number of rotatable bonds is 3. The van der Waals surface area contributed by atoms with Gasteiger partial charge < -0.3 is 9.88 Å². The van der Waals surface area contributed by atoms with Gasteiger partial charge in [-0.05, 0) is 25.0 Å². The molecule has 1 saturated carbocycles. The zero-order chi connectivity index (χ0) is 13.9. The van der Waals surface area contributed by atoms with Gasteiger partial charge in [-0.25, -0.2) is 13.8 Å². The standard InChI is InChI=1S/C15H17F2N3/c16-12-7-4-8-13(17)14(12)19-15-18-9-10-20(15)11-5-2-1-3-6-11/h4,7-11H,1-3,5-6H2,(H,18,19). The third-order valence-corrected chi connectivity index (χ3v) is 3.84. The molecule has 1 heterocycles. The largest absolute Gasteiger partial charge is 0.321 e. The summed E-state index contributed by atoms with van der Waals surface area (Å²) >= 11 is 0. The molecule has 1 aliphatic rings. The van der Waals surface area contributed by atoms with Crippen molar-refractivity contribution in [1.82, 2.24) is 9.55 Å². The Morgan fingerprint density at radius 3 is 2.50 bits per heavy atom. The molecule has 0 atom stereocenters. The summed E-state index contributed by atoms with van der Waals surface area (Å²) in [6.45, 7) is 0. The second kappa shape index (κ2) is 5.61. The van der Waals surface area contributed by atoms with E-state index in [2.05, 4.69) is 10.3 Å². The van der Waals surface area contributed by atoms with Crippen LogP contribution >= 0.6 is 0 Å². The highest BCUT2D eigenvalue weighted by molar-refractivity contribution is 5.55. The number of nitrogens with one attached hydrogen (secondary N) is 1. The smallest absolute Gasteiger partial charge is 0.207 e. The molecule has 2 aromatic rings. The minimum absolute atomic E-state index is 0.143. The van der Waals surface area contributed by atoms with E-state index < -0.39 is 11.6 Å². The normalized spacial score (nSPS) is 16.3. The fourth-order valence-corrected chi connectivity index (χ4v) is 2.79. The molecule has 5 heteroatoms. The quantitative estimate of drug-likeness (QED) is 0.900. The van der Waals surface area contributed by atoms with Crippen molar-refractivity contribution in [3.63, 3.8) is 0 Å². The molecule has 1 aromatic carbocycles. The second-order valence-electron chi connectivity index (χ2n) is 5.17. The molecule has 1 aromatic heterocycles. The first kappa shape index (κ1) is 13.1. The van der Waals surface area contributed by atoms with Gasteiger partial charge in [-0.15, -0.1) is 0 Å². The van der Waals surface area contributed by atoms with E-state index in [0.29, 0.717) is 12.0 Å². The van der Waals surface area contributed by atoms with Crippen LogP contribution in [0.15, 0.2) is 30.6 Å². The minimum atomic E-state index is -0.608. The summed E-state index contributed by atoms with van der Waals surface area (Å²) in [6, 6.07) is 4.19.